The third-order valence-corrected chi connectivity index (χ3v) is 2.83. The third kappa shape index (κ3) is 5.11. The molecule has 18 heavy (non-hydrogen) atoms. The molecule has 8 heteroatoms. The van der Waals surface area contributed by atoms with Gasteiger partial charge in [-0.3, -0.25) is 0 Å². The van der Waals surface area contributed by atoms with E-state index in [9.17, 15) is 9.59 Å². The lowest BCUT2D eigenvalue weighted by Crippen LogP contribution is -2.35. The second-order valence-electron chi connectivity index (χ2n) is 3.39. The molecular formula is C10H15N3O4S. The van der Waals surface area contributed by atoms with E-state index in [-0.39, 0.29) is 18.3 Å². The number of carboxylic acid groups (broad SMARTS) is 1. The Balaban J connectivity index is 2.23. The van der Waals surface area contributed by atoms with Crippen molar-refractivity contribution in [3.05, 3.63) is 16.1 Å². The first-order chi connectivity index (χ1) is 8.63. The number of nitrogens with zero attached hydrogens (tertiary/aromatic N) is 1. The maximum Gasteiger partial charge on any atom is 0.355 e. The van der Waals surface area contributed by atoms with Gasteiger partial charge in [0.15, 0.2) is 5.69 Å². The molecule has 0 radical (unpaired) electrons. The summed E-state index contributed by atoms with van der Waals surface area (Å²) in [4.78, 5) is 25.8. The van der Waals surface area contributed by atoms with Crippen LogP contribution in [0, 0.1) is 0 Å². The Kier molecular flexibility index (Phi) is 6.09. The monoisotopic (exact) mass is 273 g/mol. The van der Waals surface area contributed by atoms with Crippen LogP contribution in [0.4, 0.5) is 4.79 Å². The quantitative estimate of drug-likeness (QED) is 0.634. The number of methoxy groups -OCH3 is 1. The molecule has 1 aromatic rings. The Morgan fingerprint density at radius 2 is 2.28 bits per heavy atom. The fourth-order valence-electron chi connectivity index (χ4n) is 1.13. The van der Waals surface area contributed by atoms with Crippen molar-refractivity contribution in [3.63, 3.8) is 0 Å². The second-order valence-corrected chi connectivity index (χ2v) is 4.33. The number of urea groups is 1. The number of carbonyl (C=O) groups excluding carboxylic acids is 1. The van der Waals surface area contributed by atoms with E-state index in [1.807, 2.05) is 0 Å². The molecule has 0 aliphatic carbocycles. The van der Waals surface area contributed by atoms with E-state index in [1.54, 1.807) is 7.11 Å². The maximum absolute atomic E-state index is 11.3. The maximum atomic E-state index is 11.3. The molecule has 0 aliphatic heterocycles. The zero-order chi connectivity index (χ0) is 13.4. The summed E-state index contributed by atoms with van der Waals surface area (Å²) in [5.74, 6) is -1.07. The SMILES string of the molecule is COCCCNC(=O)NCc1nc(C(=O)O)cs1. The molecule has 0 fully saturated rings. The number of carboxylic acids is 1. The van der Waals surface area contributed by atoms with Crippen LogP contribution in [0.1, 0.15) is 21.9 Å². The van der Waals surface area contributed by atoms with Gasteiger partial charge < -0.3 is 20.5 Å². The second kappa shape index (κ2) is 7.62. The average molecular weight is 273 g/mol. The van der Waals surface area contributed by atoms with E-state index in [0.29, 0.717) is 18.2 Å². The van der Waals surface area contributed by atoms with Crippen LogP contribution in [-0.4, -0.2) is 42.4 Å². The van der Waals surface area contributed by atoms with E-state index in [2.05, 4.69) is 15.6 Å². The number of ether oxygens (including phenoxy) is 1. The van der Waals surface area contributed by atoms with E-state index >= 15 is 0 Å². The van der Waals surface area contributed by atoms with Gasteiger partial charge in [0.2, 0.25) is 0 Å². The normalized spacial score (nSPS) is 10.1. The van der Waals surface area contributed by atoms with E-state index in [0.717, 1.165) is 6.42 Å². The van der Waals surface area contributed by atoms with Gasteiger partial charge in [0.05, 0.1) is 6.54 Å². The van der Waals surface area contributed by atoms with Crippen molar-refractivity contribution in [1.29, 1.82) is 0 Å². The van der Waals surface area contributed by atoms with Gasteiger partial charge in [-0.1, -0.05) is 0 Å². The van der Waals surface area contributed by atoms with Crippen molar-refractivity contribution in [3.8, 4) is 0 Å². The summed E-state index contributed by atoms with van der Waals surface area (Å²) >= 11 is 1.20. The van der Waals surface area contributed by atoms with Crippen LogP contribution >= 0.6 is 11.3 Å². The lowest BCUT2D eigenvalue weighted by atomic mass is 10.4. The Hall–Kier alpha value is -1.67. The predicted octanol–water partition coefficient (Wildman–Crippen LogP) is 0.677. The number of hydrogen-bond acceptors (Lipinski definition) is 5. The summed E-state index contributed by atoms with van der Waals surface area (Å²) < 4.78 is 4.84. The lowest BCUT2D eigenvalue weighted by Gasteiger charge is -2.05. The van der Waals surface area contributed by atoms with E-state index in [4.69, 9.17) is 9.84 Å². The average Bonchev–Trinajstić information content (AvgIpc) is 2.81. The lowest BCUT2D eigenvalue weighted by molar-refractivity contribution is 0.0691. The Morgan fingerprint density at radius 3 is 2.89 bits per heavy atom. The molecule has 1 rings (SSSR count). The molecule has 0 aromatic carbocycles. The number of carbonyl (C=O) groups is 2. The van der Waals surface area contributed by atoms with Crippen molar-refractivity contribution < 1.29 is 19.4 Å². The minimum absolute atomic E-state index is 0.00250. The number of rotatable bonds is 7. The molecule has 0 saturated carbocycles. The van der Waals surface area contributed by atoms with Crippen molar-refractivity contribution in [2.24, 2.45) is 0 Å². The van der Waals surface area contributed by atoms with E-state index in [1.165, 1.54) is 16.7 Å². The van der Waals surface area contributed by atoms with Crippen LogP contribution in [-0.2, 0) is 11.3 Å². The highest BCUT2D eigenvalue weighted by atomic mass is 32.1. The minimum atomic E-state index is -1.07. The van der Waals surface area contributed by atoms with Gasteiger partial charge in [0, 0.05) is 25.6 Å². The predicted molar refractivity (Wildman–Crippen MR) is 65.8 cm³/mol. The summed E-state index contributed by atoms with van der Waals surface area (Å²) in [6, 6.07) is -0.307. The number of thiazole rings is 1. The van der Waals surface area contributed by atoms with Gasteiger partial charge in [-0.2, -0.15) is 0 Å². The fraction of sp³-hybridized carbons (Fsp3) is 0.500. The van der Waals surface area contributed by atoms with Crippen LogP contribution < -0.4 is 10.6 Å². The van der Waals surface area contributed by atoms with Gasteiger partial charge in [-0.05, 0) is 6.42 Å². The Labute approximate surface area is 108 Å². The summed E-state index contributed by atoms with van der Waals surface area (Å²) in [6.07, 6.45) is 0.740. The minimum Gasteiger partial charge on any atom is -0.476 e. The van der Waals surface area contributed by atoms with Gasteiger partial charge in [0.1, 0.15) is 5.01 Å². The molecule has 3 N–H and O–H groups in total. The molecule has 1 aromatic heterocycles. The van der Waals surface area contributed by atoms with Gasteiger partial charge >= 0.3 is 12.0 Å². The summed E-state index contributed by atoms with van der Waals surface area (Å²) in [5.41, 5.74) is -0.00250. The molecule has 100 valence electrons. The molecule has 7 nitrogen and oxygen atoms in total. The standard InChI is InChI=1S/C10H15N3O4S/c1-17-4-2-3-11-10(16)12-5-8-13-7(6-18-8)9(14)15/h6H,2-5H2,1H3,(H,14,15)(H2,11,12,16). The zero-order valence-electron chi connectivity index (χ0n) is 9.93. The van der Waals surface area contributed by atoms with Crippen molar-refractivity contribution >= 4 is 23.3 Å². The summed E-state index contributed by atoms with van der Waals surface area (Å²) in [5, 5.41) is 15.9. The number of aromatic carboxylic acids is 1. The van der Waals surface area contributed by atoms with Gasteiger partial charge in [-0.15, -0.1) is 11.3 Å². The number of nitrogens with one attached hydrogen (secondary N) is 2. The first-order valence-electron chi connectivity index (χ1n) is 5.32. The van der Waals surface area contributed by atoms with E-state index < -0.39 is 5.97 Å². The van der Waals surface area contributed by atoms with Crippen molar-refractivity contribution in [2.45, 2.75) is 13.0 Å². The Bertz CT molecular complexity index is 408. The summed E-state index contributed by atoms with van der Waals surface area (Å²) in [7, 11) is 1.60. The highest BCUT2D eigenvalue weighted by Crippen LogP contribution is 2.08. The van der Waals surface area contributed by atoms with Crippen LogP contribution in [0.15, 0.2) is 5.38 Å². The molecule has 0 atom stereocenters. The number of amides is 2. The highest BCUT2D eigenvalue weighted by molar-refractivity contribution is 7.09. The highest BCUT2D eigenvalue weighted by Gasteiger charge is 2.09. The van der Waals surface area contributed by atoms with Crippen LogP contribution in [0.2, 0.25) is 0 Å². The van der Waals surface area contributed by atoms with Crippen LogP contribution in [0.25, 0.3) is 0 Å². The van der Waals surface area contributed by atoms with Crippen LogP contribution in [0.5, 0.6) is 0 Å². The number of hydrogen-bond donors (Lipinski definition) is 3. The largest absolute Gasteiger partial charge is 0.476 e. The Morgan fingerprint density at radius 1 is 1.50 bits per heavy atom. The first-order valence-corrected chi connectivity index (χ1v) is 6.19. The molecule has 2 amide bonds. The third-order valence-electron chi connectivity index (χ3n) is 1.98. The molecule has 0 saturated heterocycles. The molecule has 0 spiro atoms. The van der Waals surface area contributed by atoms with Crippen molar-refractivity contribution in [1.82, 2.24) is 15.6 Å². The molecule has 1 heterocycles. The molecular weight excluding hydrogens is 258 g/mol. The molecule has 0 bridgehead atoms. The van der Waals surface area contributed by atoms with Crippen LogP contribution in [0.3, 0.4) is 0 Å². The smallest absolute Gasteiger partial charge is 0.355 e. The molecule has 0 unspecified atom stereocenters. The molecule has 0 aliphatic rings. The zero-order valence-corrected chi connectivity index (χ0v) is 10.7. The van der Waals surface area contributed by atoms with Gasteiger partial charge in [-0.25, -0.2) is 14.6 Å². The topological polar surface area (TPSA) is 101 Å². The van der Waals surface area contributed by atoms with Gasteiger partial charge in [0.25, 0.3) is 0 Å². The fourth-order valence-corrected chi connectivity index (χ4v) is 1.83. The first kappa shape index (κ1) is 14.4. The number of aromatic nitrogens is 1. The summed E-state index contributed by atoms with van der Waals surface area (Å²) in [6.45, 7) is 1.33. The van der Waals surface area contributed by atoms with Crippen molar-refractivity contribution in [2.75, 3.05) is 20.3 Å².